The number of fused-ring (bicyclic) bond motifs is 1. The molecule has 2 aliphatic heterocycles. The Morgan fingerprint density at radius 1 is 0.839 bits per heavy atom. The molecule has 0 spiro atoms. The summed E-state index contributed by atoms with van der Waals surface area (Å²) in [5.74, 6) is -0.686. The van der Waals surface area contributed by atoms with E-state index in [1.165, 1.54) is 4.90 Å². The normalized spacial score (nSPS) is 22.7. The van der Waals surface area contributed by atoms with Crippen LogP contribution in [0.25, 0.3) is 0 Å². The van der Waals surface area contributed by atoms with Crippen molar-refractivity contribution in [2.75, 3.05) is 17.1 Å². The van der Waals surface area contributed by atoms with E-state index in [4.69, 9.17) is 9.57 Å². The summed E-state index contributed by atoms with van der Waals surface area (Å²) in [5.41, 5.74) is 1.99. The van der Waals surface area contributed by atoms with Crippen molar-refractivity contribution in [3.63, 3.8) is 0 Å². The van der Waals surface area contributed by atoms with Gasteiger partial charge in [0.05, 0.1) is 24.5 Å². The molecule has 0 aromatic heterocycles. The Morgan fingerprint density at radius 2 is 1.52 bits per heavy atom. The number of ether oxygens (including phenoxy) is 1. The summed E-state index contributed by atoms with van der Waals surface area (Å²) in [6.45, 7) is 0. The number of aromatic hydroxyl groups is 1. The molecule has 0 aliphatic carbocycles. The number of imide groups is 1. The van der Waals surface area contributed by atoms with E-state index in [1.807, 2.05) is 30.3 Å². The second-order valence-corrected chi connectivity index (χ2v) is 7.46. The van der Waals surface area contributed by atoms with E-state index in [0.717, 1.165) is 11.3 Å². The van der Waals surface area contributed by atoms with E-state index < -0.39 is 24.0 Å². The quantitative estimate of drug-likeness (QED) is 0.657. The standard InChI is InChI=1S/C24H20N2O5/c1-30-19-13-9-16(10-14-19)25-23(28)20-21(15-7-11-18(27)12-8-15)26(31-22(20)24(25)29)17-5-3-2-4-6-17/h2-14,20-22,27H,1H3/t20-,21+,22-/m1/s1. The van der Waals surface area contributed by atoms with Crippen LogP contribution in [0, 0.1) is 5.92 Å². The molecule has 2 amide bonds. The summed E-state index contributed by atoms with van der Waals surface area (Å²) in [6.07, 6.45) is -0.936. The summed E-state index contributed by atoms with van der Waals surface area (Å²) >= 11 is 0. The molecule has 3 atom stereocenters. The molecule has 3 aromatic rings. The Morgan fingerprint density at radius 3 is 2.16 bits per heavy atom. The van der Waals surface area contributed by atoms with E-state index in [9.17, 15) is 14.7 Å². The van der Waals surface area contributed by atoms with Crippen LogP contribution in [-0.2, 0) is 14.4 Å². The third kappa shape index (κ3) is 3.10. The van der Waals surface area contributed by atoms with Crippen LogP contribution in [0.4, 0.5) is 11.4 Å². The van der Waals surface area contributed by atoms with Gasteiger partial charge in [-0.3, -0.25) is 14.4 Å². The van der Waals surface area contributed by atoms with E-state index in [-0.39, 0.29) is 11.7 Å². The number of anilines is 2. The van der Waals surface area contributed by atoms with E-state index in [0.29, 0.717) is 11.4 Å². The predicted molar refractivity (Wildman–Crippen MR) is 114 cm³/mol. The zero-order chi connectivity index (χ0) is 21.5. The van der Waals surface area contributed by atoms with Gasteiger partial charge in [0.15, 0.2) is 6.10 Å². The Hall–Kier alpha value is -3.84. The van der Waals surface area contributed by atoms with Crippen molar-refractivity contribution in [2.24, 2.45) is 5.92 Å². The number of para-hydroxylation sites is 1. The van der Waals surface area contributed by atoms with Crippen LogP contribution in [0.5, 0.6) is 11.5 Å². The van der Waals surface area contributed by atoms with Crippen LogP contribution in [0.1, 0.15) is 11.6 Å². The molecule has 7 nitrogen and oxygen atoms in total. The highest BCUT2D eigenvalue weighted by molar-refractivity contribution is 6.23. The first kappa shape index (κ1) is 19.1. The van der Waals surface area contributed by atoms with Crippen LogP contribution < -0.4 is 14.7 Å². The molecule has 0 saturated carbocycles. The predicted octanol–water partition coefficient (Wildman–Crippen LogP) is 3.45. The minimum absolute atomic E-state index is 0.124. The molecular weight excluding hydrogens is 396 g/mol. The maximum Gasteiger partial charge on any atom is 0.266 e. The van der Waals surface area contributed by atoms with Gasteiger partial charge in [-0.2, -0.15) is 0 Å². The number of hydrogen-bond donors (Lipinski definition) is 1. The fraction of sp³-hybridized carbons (Fsp3) is 0.167. The Kier molecular flexibility index (Phi) is 4.60. The lowest BCUT2D eigenvalue weighted by molar-refractivity contribution is -0.126. The molecule has 2 aliphatic rings. The molecule has 0 unspecified atom stereocenters. The number of carbonyl (C=O) groups excluding carboxylic acids is 2. The first-order valence-electron chi connectivity index (χ1n) is 9.90. The molecule has 7 heteroatoms. The topological polar surface area (TPSA) is 79.3 Å². The van der Waals surface area contributed by atoms with Crippen molar-refractivity contribution >= 4 is 23.2 Å². The Labute approximate surface area is 179 Å². The Bertz CT molecular complexity index is 1110. The van der Waals surface area contributed by atoms with Gasteiger partial charge in [0.2, 0.25) is 5.91 Å². The molecule has 1 N–H and O–H groups in total. The van der Waals surface area contributed by atoms with Gasteiger partial charge < -0.3 is 9.84 Å². The smallest absolute Gasteiger partial charge is 0.266 e. The minimum Gasteiger partial charge on any atom is -0.508 e. The first-order valence-corrected chi connectivity index (χ1v) is 9.90. The summed E-state index contributed by atoms with van der Waals surface area (Å²) < 4.78 is 5.17. The van der Waals surface area contributed by atoms with Crippen LogP contribution in [0.3, 0.4) is 0 Å². The molecule has 2 fully saturated rings. The van der Waals surface area contributed by atoms with Crippen molar-refractivity contribution < 1.29 is 24.3 Å². The number of nitrogens with zero attached hydrogens (tertiary/aromatic N) is 2. The van der Waals surface area contributed by atoms with Gasteiger partial charge in [0.25, 0.3) is 5.91 Å². The number of phenols is 1. The highest BCUT2D eigenvalue weighted by Crippen LogP contribution is 2.47. The largest absolute Gasteiger partial charge is 0.508 e. The van der Waals surface area contributed by atoms with Gasteiger partial charge in [-0.25, -0.2) is 9.96 Å². The number of rotatable bonds is 4. The lowest BCUT2D eigenvalue weighted by Gasteiger charge is -2.28. The van der Waals surface area contributed by atoms with Gasteiger partial charge in [-0.1, -0.05) is 30.3 Å². The van der Waals surface area contributed by atoms with Crippen LogP contribution >= 0.6 is 0 Å². The van der Waals surface area contributed by atoms with Crippen LogP contribution in [-0.4, -0.2) is 30.1 Å². The maximum absolute atomic E-state index is 13.5. The SMILES string of the molecule is COc1ccc(N2C(=O)[C@H]3[C@@H](ON(c4ccccc4)[C@H]3c3ccc(O)cc3)C2=O)cc1. The fourth-order valence-electron chi connectivity index (χ4n) is 4.21. The molecule has 0 radical (unpaired) electrons. The highest BCUT2D eigenvalue weighted by Gasteiger charge is 2.60. The van der Waals surface area contributed by atoms with E-state index in [2.05, 4.69) is 0 Å². The van der Waals surface area contributed by atoms with Gasteiger partial charge in [-0.15, -0.1) is 0 Å². The minimum atomic E-state index is -0.936. The van der Waals surface area contributed by atoms with Crippen LogP contribution in [0.2, 0.25) is 0 Å². The molecular formula is C24H20N2O5. The number of phenolic OH excluding ortho intramolecular Hbond substituents is 1. The average Bonchev–Trinajstić information content (AvgIpc) is 3.31. The summed E-state index contributed by atoms with van der Waals surface area (Å²) in [5, 5.41) is 11.3. The number of hydrogen-bond acceptors (Lipinski definition) is 6. The van der Waals surface area contributed by atoms with Crippen molar-refractivity contribution in [3.8, 4) is 11.5 Å². The lowest BCUT2D eigenvalue weighted by atomic mass is 9.90. The average molecular weight is 416 g/mol. The second-order valence-electron chi connectivity index (χ2n) is 7.46. The monoisotopic (exact) mass is 416 g/mol. The molecule has 5 rings (SSSR count). The fourth-order valence-corrected chi connectivity index (χ4v) is 4.21. The zero-order valence-electron chi connectivity index (χ0n) is 16.7. The first-order chi connectivity index (χ1) is 15.1. The molecule has 156 valence electrons. The molecule has 0 bridgehead atoms. The second kappa shape index (κ2) is 7.45. The third-order valence-electron chi connectivity index (χ3n) is 5.69. The third-order valence-corrected chi connectivity index (χ3v) is 5.69. The lowest BCUT2D eigenvalue weighted by Crippen LogP contribution is -2.37. The van der Waals surface area contributed by atoms with Crippen molar-refractivity contribution in [3.05, 3.63) is 84.4 Å². The van der Waals surface area contributed by atoms with Gasteiger partial charge >= 0.3 is 0 Å². The number of hydroxylamine groups is 1. The molecule has 3 aromatic carbocycles. The number of methoxy groups -OCH3 is 1. The number of carbonyl (C=O) groups is 2. The summed E-state index contributed by atoms with van der Waals surface area (Å²) in [7, 11) is 1.56. The molecule has 31 heavy (non-hydrogen) atoms. The highest BCUT2D eigenvalue weighted by atomic mass is 16.7. The molecule has 2 heterocycles. The van der Waals surface area contributed by atoms with Gasteiger partial charge in [0.1, 0.15) is 17.4 Å². The number of amides is 2. The zero-order valence-corrected chi connectivity index (χ0v) is 16.7. The van der Waals surface area contributed by atoms with E-state index in [1.54, 1.807) is 60.7 Å². The summed E-state index contributed by atoms with van der Waals surface area (Å²) in [6, 6.07) is 22.2. The van der Waals surface area contributed by atoms with Crippen molar-refractivity contribution in [1.82, 2.24) is 0 Å². The number of benzene rings is 3. The molecule has 2 saturated heterocycles. The van der Waals surface area contributed by atoms with Crippen molar-refractivity contribution in [1.29, 1.82) is 0 Å². The van der Waals surface area contributed by atoms with Gasteiger partial charge in [0, 0.05) is 0 Å². The van der Waals surface area contributed by atoms with Gasteiger partial charge in [-0.05, 0) is 54.1 Å². The van der Waals surface area contributed by atoms with Crippen molar-refractivity contribution in [2.45, 2.75) is 12.1 Å². The van der Waals surface area contributed by atoms with E-state index >= 15 is 0 Å². The van der Waals surface area contributed by atoms with Crippen LogP contribution in [0.15, 0.2) is 78.9 Å². The Balaban J connectivity index is 1.56. The maximum atomic E-state index is 13.5. The summed E-state index contributed by atoms with van der Waals surface area (Å²) in [4.78, 5) is 34.0.